The van der Waals surface area contributed by atoms with Gasteiger partial charge in [0.15, 0.2) is 5.65 Å². The second-order valence-electron chi connectivity index (χ2n) is 5.21. The Kier molecular flexibility index (Phi) is 2.93. The third-order valence-corrected chi connectivity index (χ3v) is 3.39. The molecule has 0 saturated heterocycles. The lowest BCUT2D eigenvalue weighted by Gasteiger charge is -2.14. The molecule has 0 atom stereocenters. The van der Waals surface area contributed by atoms with Gasteiger partial charge in [0, 0.05) is 31.4 Å². The molecule has 0 unspecified atom stereocenters. The van der Waals surface area contributed by atoms with Crippen LogP contribution in [-0.2, 0) is 0 Å². The number of fused-ring (bicyclic) bond motifs is 1. The van der Waals surface area contributed by atoms with E-state index in [1.165, 1.54) is 0 Å². The summed E-state index contributed by atoms with van der Waals surface area (Å²) in [5, 5.41) is 4.66. The number of aromatic nitrogens is 3. The van der Waals surface area contributed by atoms with Crippen molar-refractivity contribution >= 4 is 11.5 Å². The Labute approximate surface area is 118 Å². The fourth-order valence-corrected chi connectivity index (χ4v) is 2.49. The van der Waals surface area contributed by atoms with E-state index < -0.39 is 0 Å². The van der Waals surface area contributed by atoms with Gasteiger partial charge in [-0.2, -0.15) is 9.61 Å². The maximum atomic E-state index is 4.69. The lowest BCUT2D eigenvalue weighted by atomic mass is 10.1. The molecular formula is C16H18N4. The van der Waals surface area contributed by atoms with Crippen LogP contribution in [0.15, 0.2) is 36.4 Å². The van der Waals surface area contributed by atoms with Gasteiger partial charge >= 0.3 is 0 Å². The molecule has 0 aliphatic carbocycles. The van der Waals surface area contributed by atoms with Crippen LogP contribution in [0.25, 0.3) is 16.8 Å². The average molecular weight is 266 g/mol. The predicted octanol–water partition coefficient (Wildman–Crippen LogP) is 3.08. The molecule has 1 aromatic carbocycles. The normalized spacial score (nSPS) is 11.0. The van der Waals surface area contributed by atoms with Crippen molar-refractivity contribution in [3.05, 3.63) is 47.8 Å². The molecule has 0 spiro atoms. The third-order valence-electron chi connectivity index (χ3n) is 3.39. The summed E-state index contributed by atoms with van der Waals surface area (Å²) in [5.74, 6) is 1.04. The van der Waals surface area contributed by atoms with E-state index >= 15 is 0 Å². The highest BCUT2D eigenvalue weighted by molar-refractivity contribution is 5.80. The Bertz CT molecular complexity index is 757. The van der Waals surface area contributed by atoms with Crippen molar-refractivity contribution in [2.45, 2.75) is 13.8 Å². The first-order valence-electron chi connectivity index (χ1n) is 6.67. The van der Waals surface area contributed by atoms with Crippen molar-refractivity contribution in [2.75, 3.05) is 19.0 Å². The van der Waals surface area contributed by atoms with Gasteiger partial charge in [0.05, 0.1) is 5.69 Å². The maximum Gasteiger partial charge on any atom is 0.165 e. The molecule has 0 amide bonds. The molecule has 0 N–H and O–H groups in total. The molecule has 0 aliphatic rings. The monoisotopic (exact) mass is 266 g/mol. The Morgan fingerprint density at radius 2 is 1.75 bits per heavy atom. The molecule has 0 bridgehead atoms. The zero-order valence-corrected chi connectivity index (χ0v) is 12.3. The largest absolute Gasteiger partial charge is 0.363 e. The zero-order valence-electron chi connectivity index (χ0n) is 12.3. The van der Waals surface area contributed by atoms with Gasteiger partial charge in [-0.1, -0.05) is 30.3 Å². The molecule has 102 valence electrons. The van der Waals surface area contributed by atoms with Crippen molar-refractivity contribution in [2.24, 2.45) is 0 Å². The Balaban J connectivity index is 2.37. The highest BCUT2D eigenvalue weighted by Gasteiger charge is 2.16. The van der Waals surface area contributed by atoms with Crippen LogP contribution in [0.1, 0.15) is 11.4 Å². The SMILES string of the molecule is Cc1cc(N(C)C)n2nc(C)c(-c3ccccc3)c2n1. The topological polar surface area (TPSA) is 33.4 Å². The van der Waals surface area contributed by atoms with Crippen LogP contribution in [-0.4, -0.2) is 28.7 Å². The van der Waals surface area contributed by atoms with Gasteiger partial charge in [-0.05, 0) is 19.4 Å². The van der Waals surface area contributed by atoms with Gasteiger partial charge in [-0.25, -0.2) is 4.98 Å². The van der Waals surface area contributed by atoms with Gasteiger partial charge in [0.2, 0.25) is 0 Å². The summed E-state index contributed by atoms with van der Waals surface area (Å²) in [4.78, 5) is 6.75. The van der Waals surface area contributed by atoms with Crippen molar-refractivity contribution in [3.8, 4) is 11.1 Å². The summed E-state index contributed by atoms with van der Waals surface area (Å²) in [6, 6.07) is 12.4. The Morgan fingerprint density at radius 3 is 2.40 bits per heavy atom. The number of rotatable bonds is 2. The molecule has 4 nitrogen and oxygen atoms in total. The molecule has 2 aromatic heterocycles. The van der Waals surface area contributed by atoms with E-state index in [9.17, 15) is 0 Å². The number of anilines is 1. The number of hydrogen-bond acceptors (Lipinski definition) is 3. The van der Waals surface area contributed by atoms with Crippen LogP contribution in [0.3, 0.4) is 0 Å². The molecular weight excluding hydrogens is 248 g/mol. The van der Waals surface area contributed by atoms with Gasteiger partial charge in [-0.3, -0.25) is 0 Å². The molecule has 20 heavy (non-hydrogen) atoms. The van der Waals surface area contributed by atoms with E-state index in [1.54, 1.807) is 0 Å². The highest BCUT2D eigenvalue weighted by Crippen LogP contribution is 2.29. The van der Waals surface area contributed by atoms with E-state index in [0.717, 1.165) is 34.0 Å². The van der Waals surface area contributed by atoms with Crippen LogP contribution >= 0.6 is 0 Å². The van der Waals surface area contributed by atoms with Crippen LogP contribution in [0.4, 0.5) is 5.82 Å². The van der Waals surface area contributed by atoms with Gasteiger partial charge in [-0.15, -0.1) is 0 Å². The summed E-state index contributed by atoms with van der Waals surface area (Å²) < 4.78 is 1.92. The molecule has 0 aliphatic heterocycles. The minimum absolute atomic E-state index is 0.914. The number of nitrogens with zero attached hydrogens (tertiary/aromatic N) is 4. The second kappa shape index (κ2) is 4.63. The third kappa shape index (κ3) is 1.93. The lowest BCUT2D eigenvalue weighted by molar-refractivity contribution is 0.875. The van der Waals surface area contributed by atoms with Crippen molar-refractivity contribution < 1.29 is 0 Å². The first-order valence-corrected chi connectivity index (χ1v) is 6.67. The summed E-state index contributed by atoms with van der Waals surface area (Å²) in [7, 11) is 4.04. The van der Waals surface area contributed by atoms with Crippen LogP contribution in [0.2, 0.25) is 0 Å². The second-order valence-corrected chi connectivity index (χ2v) is 5.21. The van der Waals surface area contributed by atoms with E-state index in [-0.39, 0.29) is 0 Å². The van der Waals surface area contributed by atoms with Crippen LogP contribution < -0.4 is 4.90 Å². The van der Waals surface area contributed by atoms with E-state index in [2.05, 4.69) is 27.1 Å². The average Bonchev–Trinajstić information content (AvgIpc) is 2.74. The summed E-state index contributed by atoms with van der Waals surface area (Å²) in [5.41, 5.74) is 5.17. The van der Waals surface area contributed by atoms with Crippen molar-refractivity contribution in [1.29, 1.82) is 0 Å². The first-order chi connectivity index (χ1) is 9.58. The number of benzene rings is 1. The van der Waals surface area contributed by atoms with Crippen LogP contribution in [0, 0.1) is 13.8 Å². The molecule has 3 aromatic rings. The molecule has 0 radical (unpaired) electrons. The quantitative estimate of drug-likeness (QED) is 0.714. The smallest absolute Gasteiger partial charge is 0.165 e. The number of hydrogen-bond donors (Lipinski definition) is 0. The standard InChI is InChI=1S/C16H18N4/c1-11-10-14(19(3)4)20-16(17-11)15(12(2)18-20)13-8-6-5-7-9-13/h5-10H,1-4H3. The fourth-order valence-electron chi connectivity index (χ4n) is 2.49. The summed E-state index contributed by atoms with van der Waals surface area (Å²) >= 11 is 0. The van der Waals surface area contributed by atoms with Crippen molar-refractivity contribution in [1.82, 2.24) is 14.6 Å². The Morgan fingerprint density at radius 1 is 1.05 bits per heavy atom. The predicted molar refractivity (Wildman–Crippen MR) is 82.2 cm³/mol. The van der Waals surface area contributed by atoms with E-state index in [0.29, 0.717) is 0 Å². The van der Waals surface area contributed by atoms with E-state index in [4.69, 9.17) is 0 Å². The van der Waals surface area contributed by atoms with Gasteiger partial charge in [0.25, 0.3) is 0 Å². The van der Waals surface area contributed by atoms with Gasteiger partial charge < -0.3 is 4.90 Å². The first kappa shape index (κ1) is 12.7. The number of aryl methyl sites for hydroxylation is 2. The van der Waals surface area contributed by atoms with Crippen LogP contribution in [0.5, 0.6) is 0 Å². The lowest BCUT2D eigenvalue weighted by Crippen LogP contribution is -2.14. The van der Waals surface area contributed by atoms with E-state index in [1.807, 2.05) is 56.7 Å². The molecule has 0 saturated carbocycles. The summed E-state index contributed by atoms with van der Waals surface area (Å²) in [6.45, 7) is 4.05. The highest BCUT2D eigenvalue weighted by atomic mass is 15.3. The zero-order chi connectivity index (χ0) is 14.3. The minimum Gasteiger partial charge on any atom is -0.363 e. The Hall–Kier alpha value is -2.36. The molecule has 4 heteroatoms. The van der Waals surface area contributed by atoms with Gasteiger partial charge in [0.1, 0.15) is 5.82 Å². The molecule has 0 fully saturated rings. The molecule has 2 heterocycles. The maximum absolute atomic E-state index is 4.69. The fraction of sp³-hybridized carbons (Fsp3) is 0.250. The minimum atomic E-state index is 0.914. The molecule has 3 rings (SSSR count). The summed E-state index contributed by atoms with van der Waals surface area (Å²) in [6.07, 6.45) is 0. The van der Waals surface area contributed by atoms with Crippen molar-refractivity contribution in [3.63, 3.8) is 0 Å².